The SMILES string of the molecule is CCC/C=C/C(O)C/C=[CH]/[Sn]([CH2]CCC)([CH2]CCC)[CH2]CCC. The molecule has 0 rings (SSSR count). The molecule has 1 nitrogen and oxygen atoms in total. The average Bonchev–Trinajstić information content (AvgIpc) is 2.56. The van der Waals surface area contributed by atoms with Crippen molar-refractivity contribution in [3.8, 4) is 0 Å². The van der Waals surface area contributed by atoms with Gasteiger partial charge in [0.05, 0.1) is 0 Å². The number of rotatable bonds is 15. The zero-order valence-corrected chi connectivity index (χ0v) is 19.2. The summed E-state index contributed by atoms with van der Waals surface area (Å²) in [6.45, 7) is 9.14. The van der Waals surface area contributed by atoms with Crippen LogP contribution >= 0.6 is 0 Å². The molecule has 0 aromatic rings. The first-order valence-electron chi connectivity index (χ1n) is 10.2. The number of unbranched alkanes of at least 4 members (excludes halogenated alkanes) is 4. The maximum atomic E-state index is 10.1. The first-order valence-corrected chi connectivity index (χ1v) is 17.9. The van der Waals surface area contributed by atoms with Crippen molar-refractivity contribution >= 4 is 18.4 Å². The van der Waals surface area contributed by atoms with E-state index in [-0.39, 0.29) is 6.10 Å². The summed E-state index contributed by atoms with van der Waals surface area (Å²) in [5, 5.41) is 10.1. The number of aliphatic hydroxyl groups excluding tert-OH is 1. The van der Waals surface area contributed by atoms with Crippen molar-refractivity contribution in [3.63, 3.8) is 0 Å². The van der Waals surface area contributed by atoms with Crippen LogP contribution in [0.2, 0.25) is 13.3 Å². The van der Waals surface area contributed by atoms with Crippen molar-refractivity contribution in [2.45, 2.75) is 105 Å². The molecule has 0 bridgehead atoms. The zero-order chi connectivity index (χ0) is 17.4. The Labute approximate surface area is 150 Å². The van der Waals surface area contributed by atoms with Crippen LogP contribution in [-0.2, 0) is 0 Å². The fraction of sp³-hybridized carbons (Fsp3) is 0.810. The van der Waals surface area contributed by atoms with Crippen LogP contribution in [0.15, 0.2) is 22.3 Å². The van der Waals surface area contributed by atoms with E-state index in [2.05, 4.69) is 43.9 Å². The Kier molecular flexibility index (Phi) is 15.9. The Morgan fingerprint density at radius 3 is 1.74 bits per heavy atom. The van der Waals surface area contributed by atoms with E-state index in [1.807, 2.05) is 6.08 Å². The quantitative estimate of drug-likeness (QED) is 0.219. The van der Waals surface area contributed by atoms with Gasteiger partial charge in [0.2, 0.25) is 0 Å². The Morgan fingerprint density at radius 1 is 0.783 bits per heavy atom. The van der Waals surface area contributed by atoms with Crippen LogP contribution < -0.4 is 0 Å². The molecule has 23 heavy (non-hydrogen) atoms. The topological polar surface area (TPSA) is 20.2 Å². The normalized spacial score (nSPS) is 14.1. The molecule has 2 heteroatoms. The maximum absolute atomic E-state index is 10.1. The predicted octanol–water partition coefficient (Wildman–Crippen LogP) is 7.04. The third kappa shape index (κ3) is 12.3. The van der Waals surface area contributed by atoms with Crippen LogP contribution in [-0.4, -0.2) is 29.6 Å². The number of hydrogen-bond acceptors (Lipinski definition) is 1. The van der Waals surface area contributed by atoms with Crippen molar-refractivity contribution in [1.29, 1.82) is 0 Å². The van der Waals surface area contributed by atoms with Gasteiger partial charge < -0.3 is 0 Å². The van der Waals surface area contributed by atoms with E-state index in [0.29, 0.717) is 0 Å². The molecule has 0 radical (unpaired) electrons. The second-order valence-corrected chi connectivity index (χ2v) is 20.1. The summed E-state index contributed by atoms with van der Waals surface area (Å²) in [6, 6.07) is 0. The minimum absolute atomic E-state index is 0.287. The fourth-order valence-electron chi connectivity index (χ4n) is 3.17. The zero-order valence-electron chi connectivity index (χ0n) is 16.3. The van der Waals surface area contributed by atoms with E-state index in [1.54, 1.807) is 0 Å². The molecule has 0 aliphatic rings. The van der Waals surface area contributed by atoms with Crippen LogP contribution in [0.5, 0.6) is 0 Å². The van der Waals surface area contributed by atoms with Gasteiger partial charge in [0, 0.05) is 0 Å². The van der Waals surface area contributed by atoms with Gasteiger partial charge in [-0.15, -0.1) is 0 Å². The third-order valence-corrected chi connectivity index (χ3v) is 19.0. The van der Waals surface area contributed by atoms with Crippen LogP contribution in [0.4, 0.5) is 0 Å². The summed E-state index contributed by atoms with van der Waals surface area (Å²) in [5.41, 5.74) is 0. The number of aliphatic hydroxyl groups is 1. The molecule has 0 amide bonds. The molecular formula is C21H42OSn. The van der Waals surface area contributed by atoms with Crippen molar-refractivity contribution in [1.82, 2.24) is 0 Å². The monoisotopic (exact) mass is 430 g/mol. The van der Waals surface area contributed by atoms with Crippen molar-refractivity contribution in [3.05, 3.63) is 22.3 Å². The summed E-state index contributed by atoms with van der Waals surface area (Å²) in [5.74, 6) is 0. The molecule has 136 valence electrons. The average molecular weight is 429 g/mol. The van der Waals surface area contributed by atoms with E-state index >= 15 is 0 Å². The van der Waals surface area contributed by atoms with E-state index in [4.69, 9.17) is 0 Å². The van der Waals surface area contributed by atoms with Crippen LogP contribution in [0.3, 0.4) is 0 Å². The van der Waals surface area contributed by atoms with Gasteiger partial charge in [-0.1, -0.05) is 0 Å². The molecule has 1 N–H and O–H groups in total. The molecule has 1 unspecified atom stereocenters. The molecule has 0 spiro atoms. The van der Waals surface area contributed by atoms with Crippen molar-refractivity contribution in [2.24, 2.45) is 0 Å². The van der Waals surface area contributed by atoms with Gasteiger partial charge in [-0.05, 0) is 0 Å². The van der Waals surface area contributed by atoms with E-state index in [0.717, 1.165) is 19.3 Å². The second-order valence-electron chi connectivity index (χ2n) is 7.10. The first kappa shape index (κ1) is 23.2. The summed E-state index contributed by atoms with van der Waals surface area (Å²) in [4.78, 5) is 0. The molecule has 0 aliphatic heterocycles. The molecule has 0 aliphatic carbocycles. The standard InChI is InChI=1S/C9H15O.3C4H9.Sn/c1-3-5-6-8-9(10)7-4-2;3*1-3-4-2;/h2,4,6,8-10H,3,5,7H2,1H3;3*1,3-4H2,2H3;/b4-2?,8-6+;;;;. The Balaban J connectivity index is 4.75. The summed E-state index contributed by atoms with van der Waals surface area (Å²) >= 11 is -2.12. The molecule has 0 saturated carbocycles. The van der Waals surface area contributed by atoms with Crippen LogP contribution in [0.25, 0.3) is 0 Å². The molecule has 1 atom stereocenters. The first-order chi connectivity index (χ1) is 11.1. The third-order valence-electron chi connectivity index (χ3n) is 4.75. The van der Waals surface area contributed by atoms with Gasteiger partial charge in [-0.25, -0.2) is 0 Å². The van der Waals surface area contributed by atoms with Crippen molar-refractivity contribution < 1.29 is 5.11 Å². The van der Waals surface area contributed by atoms with Gasteiger partial charge in [0.15, 0.2) is 0 Å². The van der Waals surface area contributed by atoms with Gasteiger partial charge in [0.25, 0.3) is 0 Å². The number of hydrogen-bond donors (Lipinski definition) is 1. The van der Waals surface area contributed by atoms with Crippen molar-refractivity contribution in [2.75, 3.05) is 0 Å². The number of allylic oxidation sites excluding steroid dienone is 1. The van der Waals surface area contributed by atoms with Gasteiger partial charge in [-0.2, -0.15) is 0 Å². The molecular weight excluding hydrogens is 387 g/mol. The van der Waals surface area contributed by atoms with E-state index in [9.17, 15) is 5.11 Å². The van der Waals surface area contributed by atoms with E-state index < -0.39 is 18.4 Å². The molecule has 0 aromatic heterocycles. The van der Waals surface area contributed by atoms with Gasteiger partial charge >= 0.3 is 151 Å². The molecule has 0 saturated heterocycles. The molecule has 0 fully saturated rings. The van der Waals surface area contributed by atoms with Gasteiger partial charge in [0.1, 0.15) is 0 Å². The molecule has 0 aromatic carbocycles. The molecule has 0 heterocycles. The van der Waals surface area contributed by atoms with Crippen LogP contribution in [0.1, 0.15) is 85.5 Å². The minimum atomic E-state index is -2.12. The van der Waals surface area contributed by atoms with E-state index in [1.165, 1.54) is 51.8 Å². The predicted molar refractivity (Wildman–Crippen MR) is 109 cm³/mol. The summed E-state index contributed by atoms with van der Waals surface area (Å²) in [7, 11) is 0. The summed E-state index contributed by atoms with van der Waals surface area (Å²) < 4.78 is 7.23. The summed E-state index contributed by atoms with van der Waals surface area (Å²) in [6.07, 6.45) is 17.4. The second kappa shape index (κ2) is 15.7. The Bertz CT molecular complexity index is 287. The fourth-order valence-corrected chi connectivity index (χ4v) is 17.6. The van der Waals surface area contributed by atoms with Crippen LogP contribution in [0, 0.1) is 0 Å². The Hall–Kier alpha value is 0.239. The van der Waals surface area contributed by atoms with Gasteiger partial charge in [-0.3, -0.25) is 0 Å². The Morgan fingerprint density at radius 2 is 1.30 bits per heavy atom.